The predicted molar refractivity (Wildman–Crippen MR) is 118 cm³/mol. The molecule has 6 nitrogen and oxygen atoms in total. The van der Waals surface area contributed by atoms with Crippen LogP contribution in [0.5, 0.6) is 0 Å². The van der Waals surface area contributed by atoms with Crippen LogP contribution in [0.2, 0.25) is 0 Å². The van der Waals surface area contributed by atoms with E-state index in [4.69, 9.17) is 0 Å². The first kappa shape index (κ1) is 19.7. The zero-order chi connectivity index (χ0) is 20.2. The largest absolute Gasteiger partial charge is 0.372 e. The molecule has 4 rings (SSSR count). The molecule has 0 radical (unpaired) electrons. The molecular formula is C23H31N5O. The molecule has 0 saturated carbocycles. The Labute approximate surface area is 173 Å². The van der Waals surface area contributed by atoms with Crippen molar-refractivity contribution >= 4 is 23.2 Å². The van der Waals surface area contributed by atoms with E-state index < -0.39 is 0 Å². The van der Waals surface area contributed by atoms with Gasteiger partial charge in [0.25, 0.3) is 5.91 Å². The lowest BCUT2D eigenvalue weighted by Gasteiger charge is -2.32. The van der Waals surface area contributed by atoms with Gasteiger partial charge in [-0.1, -0.05) is 13.8 Å². The van der Waals surface area contributed by atoms with E-state index in [1.54, 1.807) is 12.4 Å². The van der Waals surface area contributed by atoms with Crippen LogP contribution in [0.3, 0.4) is 0 Å². The number of amides is 1. The molecule has 2 aliphatic heterocycles. The van der Waals surface area contributed by atoms with E-state index in [1.165, 1.54) is 18.5 Å². The predicted octanol–water partition coefficient (Wildman–Crippen LogP) is 4.20. The van der Waals surface area contributed by atoms with Gasteiger partial charge in [-0.3, -0.25) is 4.79 Å². The number of hydrogen-bond acceptors (Lipinski definition) is 5. The standard InChI is InChI=1S/C23H31N5O/c1-17-7-11-27(12-8-17)21-5-3-20(4-6-21)26-22(29)19-15-24-23(25-16-19)28-13-9-18(2)10-14-28/h3-6,15-18H,7-14H2,1-2H3,(H,26,29). The van der Waals surface area contributed by atoms with Crippen molar-refractivity contribution in [1.82, 2.24) is 9.97 Å². The number of anilines is 3. The zero-order valence-corrected chi connectivity index (χ0v) is 17.5. The second-order valence-corrected chi connectivity index (χ2v) is 8.61. The Hall–Kier alpha value is -2.63. The molecule has 0 unspecified atom stereocenters. The Morgan fingerprint density at radius 1 is 0.862 bits per heavy atom. The van der Waals surface area contributed by atoms with Gasteiger partial charge in [-0.05, 0) is 61.8 Å². The second-order valence-electron chi connectivity index (χ2n) is 8.61. The van der Waals surface area contributed by atoms with Crippen LogP contribution in [0.15, 0.2) is 36.7 Å². The third-order valence-electron chi connectivity index (χ3n) is 6.24. The van der Waals surface area contributed by atoms with Crippen LogP contribution in [0, 0.1) is 11.8 Å². The summed E-state index contributed by atoms with van der Waals surface area (Å²) < 4.78 is 0. The monoisotopic (exact) mass is 393 g/mol. The minimum atomic E-state index is -0.177. The van der Waals surface area contributed by atoms with Gasteiger partial charge < -0.3 is 15.1 Å². The highest BCUT2D eigenvalue weighted by Crippen LogP contribution is 2.24. The lowest BCUT2D eigenvalue weighted by atomic mass is 9.99. The van der Waals surface area contributed by atoms with Crippen LogP contribution in [0.1, 0.15) is 49.9 Å². The van der Waals surface area contributed by atoms with Crippen LogP contribution in [-0.4, -0.2) is 42.1 Å². The van der Waals surface area contributed by atoms with E-state index in [2.05, 4.69) is 51.1 Å². The molecule has 6 heteroatoms. The van der Waals surface area contributed by atoms with E-state index in [9.17, 15) is 4.79 Å². The molecule has 2 saturated heterocycles. The van der Waals surface area contributed by atoms with E-state index in [1.807, 2.05) is 12.1 Å². The van der Waals surface area contributed by atoms with Gasteiger partial charge in [0.1, 0.15) is 0 Å². The minimum Gasteiger partial charge on any atom is -0.372 e. The van der Waals surface area contributed by atoms with Crippen LogP contribution in [-0.2, 0) is 0 Å². The first-order valence-electron chi connectivity index (χ1n) is 10.8. The van der Waals surface area contributed by atoms with Gasteiger partial charge in [0, 0.05) is 49.9 Å². The maximum atomic E-state index is 12.6. The molecule has 0 bridgehead atoms. The average Bonchev–Trinajstić information content (AvgIpc) is 2.76. The summed E-state index contributed by atoms with van der Waals surface area (Å²) in [4.78, 5) is 26.0. The Morgan fingerprint density at radius 2 is 1.38 bits per heavy atom. The Kier molecular flexibility index (Phi) is 5.97. The Balaban J connectivity index is 1.34. The lowest BCUT2D eigenvalue weighted by Crippen LogP contribution is -2.34. The molecule has 0 spiro atoms. The van der Waals surface area contributed by atoms with Crippen LogP contribution in [0.4, 0.5) is 17.3 Å². The molecule has 2 aromatic rings. The SMILES string of the molecule is CC1CCN(c2ccc(NC(=O)c3cnc(N4CCC(C)CC4)nc3)cc2)CC1. The third kappa shape index (κ3) is 4.86. The van der Waals surface area contributed by atoms with Gasteiger partial charge in [0.2, 0.25) is 5.95 Å². The molecule has 0 atom stereocenters. The molecule has 1 amide bonds. The van der Waals surface area contributed by atoms with Gasteiger partial charge in [-0.15, -0.1) is 0 Å². The fourth-order valence-corrected chi connectivity index (χ4v) is 4.04. The number of aromatic nitrogens is 2. The smallest absolute Gasteiger partial charge is 0.258 e. The summed E-state index contributed by atoms with van der Waals surface area (Å²) in [5.74, 6) is 2.12. The number of nitrogens with zero attached hydrogens (tertiary/aromatic N) is 4. The zero-order valence-electron chi connectivity index (χ0n) is 17.5. The van der Waals surface area contributed by atoms with Gasteiger partial charge in [-0.2, -0.15) is 0 Å². The number of nitrogens with one attached hydrogen (secondary N) is 1. The molecule has 2 fully saturated rings. The van der Waals surface area contributed by atoms with Gasteiger partial charge in [-0.25, -0.2) is 9.97 Å². The number of carbonyl (C=O) groups excluding carboxylic acids is 1. The van der Waals surface area contributed by atoms with E-state index in [0.717, 1.165) is 56.5 Å². The number of piperidine rings is 2. The highest BCUT2D eigenvalue weighted by atomic mass is 16.1. The summed E-state index contributed by atoms with van der Waals surface area (Å²) in [6, 6.07) is 8.11. The molecule has 2 aliphatic rings. The summed E-state index contributed by atoms with van der Waals surface area (Å²) in [5, 5.41) is 2.95. The normalized spacial score (nSPS) is 18.7. The van der Waals surface area contributed by atoms with Crippen molar-refractivity contribution in [2.45, 2.75) is 39.5 Å². The summed E-state index contributed by atoms with van der Waals surface area (Å²) in [5.41, 5.74) is 2.49. The van der Waals surface area contributed by atoms with Crippen molar-refractivity contribution in [2.75, 3.05) is 41.3 Å². The van der Waals surface area contributed by atoms with Crippen molar-refractivity contribution in [2.24, 2.45) is 11.8 Å². The van der Waals surface area contributed by atoms with Crippen molar-refractivity contribution in [1.29, 1.82) is 0 Å². The van der Waals surface area contributed by atoms with Gasteiger partial charge >= 0.3 is 0 Å². The summed E-state index contributed by atoms with van der Waals surface area (Å²) in [6.07, 6.45) is 8.06. The average molecular weight is 394 g/mol. The molecule has 1 N–H and O–H groups in total. The van der Waals surface area contributed by atoms with E-state index in [-0.39, 0.29) is 5.91 Å². The molecule has 1 aromatic carbocycles. The van der Waals surface area contributed by atoms with E-state index in [0.29, 0.717) is 11.5 Å². The summed E-state index contributed by atoms with van der Waals surface area (Å²) in [6.45, 7) is 8.77. The first-order valence-corrected chi connectivity index (χ1v) is 10.8. The minimum absolute atomic E-state index is 0.177. The highest BCUT2D eigenvalue weighted by Gasteiger charge is 2.19. The molecule has 0 aliphatic carbocycles. The number of benzene rings is 1. The second kappa shape index (κ2) is 8.80. The fourth-order valence-electron chi connectivity index (χ4n) is 4.04. The topological polar surface area (TPSA) is 61.4 Å². The lowest BCUT2D eigenvalue weighted by molar-refractivity contribution is 0.102. The van der Waals surface area contributed by atoms with Crippen molar-refractivity contribution < 1.29 is 4.79 Å². The number of carbonyl (C=O) groups is 1. The van der Waals surface area contributed by atoms with Gasteiger partial charge in [0.15, 0.2) is 0 Å². The molecule has 154 valence electrons. The van der Waals surface area contributed by atoms with Crippen LogP contribution < -0.4 is 15.1 Å². The molecule has 1 aromatic heterocycles. The summed E-state index contributed by atoms with van der Waals surface area (Å²) >= 11 is 0. The van der Waals surface area contributed by atoms with Crippen molar-refractivity contribution in [3.8, 4) is 0 Å². The van der Waals surface area contributed by atoms with Crippen molar-refractivity contribution in [3.05, 3.63) is 42.2 Å². The molecular weight excluding hydrogens is 362 g/mol. The first-order chi connectivity index (χ1) is 14.1. The third-order valence-corrected chi connectivity index (χ3v) is 6.24. The van der Waals surface area contributed by atoms with Crippen molar-refractivity contribution in [3.63, 3.8) is 0 Å². The number of hydrogen-bond donors (Lipinski definition) is 1. The highest BCUT2D eigenvalue weighted by molar-refractivity contribution is 6.03. The Bertz CT molecular complexity index is 804. The van der Waals surface area contributed by atoms with Crippen LogP contribution in [0.25, 0.3) is 0 Å². The van der Waals surface area contributed by atoms with E-state index >= 15 is 0 Å². The van der Waals surface area contributed by atoms with Gasteiger partial charge in [0.05, 0.1) is 5.56 Å². The Morgan fingerprint density at radius 3 is 1.93 bits per heavy atom. The number of rotatable bonds is 4. The maximum absolute atomic E-state index is 12.6. The molecule has 29 heavy (non-hydrogen) atoms. The molecule has 3 heterocycles. The maximum Gasteiger partial charge on any atom is 0.258 e. The quantitative estimate of drug-likeness (QED) is 0.843. The fraction of sp³-hybridized carbons (Fsp3) is 0.522. The summed E-state index contributed by atoms with van der Waals surface area (Å²) in [7, 11) is 0. The van der Waals surface area contributed by atoms with Crippen LogP contribution >= 0.6 is 0 Å².